The van der Waals surface area contributed by atoms with E-state index >= 15 is 0 Å². The first-order valence-corrected chi connectivity index (χ1v) is 7.39. The molecular weight excluding hydrogens is 284 g/mol. The zero-order valence-corrected chi connectivity index (χ0v) is 12.6. The number of aromatic nitrogens is 1. The lowest BCUT2D eigenvalue weighted by Gasteiger charge is -2.31. The summed E-state index contributed by atoms with van der Waals surface area (Å²) in [4.78, 5) is 24.6. The fourth-order valence-corrected chi connectivity index (χ4v) is 3.09. The van der Waals surface area contributed by atoms with Gasteiger partial charge in [0.15, 0.2) is 5.60 Å². The Labute approximate surface area is 127 Å². The van der Waals surface area contributed by atoms with Crippen LogP contribution < -0.4 is 5.56 Å². The number of rotatable bonds is 2. The molecule has 0 aromatic carbocycles. The van der Waals surface area contributed by atoms with Gasteiger partial charge in [0.05, 0.1) is 23.5 Å². The van der Waals surface area contributed by atoms with Crippen LogP contribution in [0.4, 0.5) is 0 Å². The number of cyclic esters (lactones) is 1. The van der Waals surface area contributed by atoms with E-state index in [0.717, 1.165) is 12.0 Å². The number of allylic oxidation sites excluding steroid dienone is 2. The van der Waals surface area contributed by atoms with Crippen molar-refractivity contribution in [1.82, 2.24) is 4.57 Å². The number of hydrogen-bond acceptors (Lipinski definition) is 5. The minimum atomic E-state index is -1.81. The van der Waals surface area contributed by atoms with Crippen LogP contribution in [0.2, 0.25) is 0 Å². The van der Waals surface area contributed by atoms with Crippen LogP contribution in [0.1, 0.15) is 43.5 Å². The van der Waals surface area contributed by atoms with Crippen LogP contribution in [0.15, 0.2) is 22.5 Å². The molecule has 3 heterocycles. The van der Waals surface area contributed by atoms with Gasteiger partial charge in [-0.05, 0) is 24.5 Å². The van der Waals surface area contributed by atoms with E-state index in [0.29, 0.717) is 17.8 Å². The first-order chi connectivity index (χ1) is 10.4. The number of ether oxygens (including phenoxy) is 1. The molecule has 6 heteroatoms. The van der Waals surface area contributed by atoms with Crippen molar-refractivity contribution in [1.29, 1.82) is 5.41 Å². The summed E-state index contributed by atoms with van der Waals surface area (Å²) >= 11 is 0. The third-order valence-electron chi connectivity index (χ3n) is 4.40. The molecule has 0 fully saturated rings. The fraction of sp³-hybridized carbons (Fsp3) is 0.438. The van der Waals surface area contributed by atoms with Crippen LogP contribution in [0, 0.1) is 5.41 Å². The number of hydrogen-bond donors (Lipinski definition) is 2. The topological polar surface area (TPSA) is 92.4 Å². The van der Waals surface area contributed by atoms with E-state index < -0.39 is 11.6 Å². The molecule has 0 spiro atoms. The Balaban J connectivity index is 2.26. The summed E-state index contributed by atoms with van der Waals surface area (Å²) in [7, 11) is 0. The molecule has 1 atom stereocenters. The predicted molar refractivity (Wildman–Crippen MR) is 79.9 cm³/mol. The Morgan fingerprint density at radius 2 is 2.18 bits per heavy atom. The molecule has 0 aliphatic carbocycles. The maximum Gasteiger partial charge on any atom is 0.343 e. The average Bonchev–Trinajstić information content (AvgIpc) is 2.82. The highest BCUT2D eigenvalue weighted by atomic mass is 16.6. The number of fused-ring (bicyclic) bond motifs is 2. The summed E-state index contributed by atoms with van der Waals surface area (Å²) in [5, 5.41) is 18.8. The molecule has 0 unspecified atom stereocenters. The predicted octanol–water partition coefficient (Wildman–Crippen LogP) is 1.22. The molecule has 1 aromatic rings. The second kappa shape index (κ2) is 4.91. The van der Waals surface area contributed by atoms with Crippen LogP contribution in [0.5, 0.6) is 0 Å². The Kier molecular flexibility index (Phi) is 3.29. The smallest absolute Gasteiger partial charge is 0.343 e. The number of pyridine rings is 1. The summed E-state index contributed by atoms with van der Waals surface area (Å²) < 4.78 is 6.49. The second-order valence-electron chi connectivity index (χ2n) is 5.62. The molecule has 1 aromatic heterocycles. The first-order valence-electron chi connectivity index (χ1n) is 7.39. The largest absolute Gasteiger partial charge is 0.458 e. The highest BCUT2D eigenvalue weighted by molar-refractivity contribution is 6.11. The van der Waals surface area contributed by atoms with Crippen molar-refractivity contribution in [2.75, 3.05) is 0 Å². The minimum Gasteiger partial charge on any atom is -0.458 e. The van der Waals surface area contributed by atoms with E-state index in [-0.39, 0.29) is 29.9 Å². The quantitative estimate of drug-likeness (QED) is 0.803. The average molecular weight is 302 g/mol. The van der Waals surface area contributed by atoms with Crippen LogP contribution in [0.3, 0.4) is 0 Å². The van der Waals surface area contributed by atoms with E-state index in [1.165, 1.54) is 4.57 Å². The van der Waals surface area contributed by atoms with E-state index in [4.69, 9.17) is 10.1 Å². The number of carbonyl (C=O) groups excluding carboxylic acids is 1. The van der Waals surface area contributed by atoms with Crippen molar-refractivity contribution in [2.24, 2.45) is 0 Å². The highest BCUT2D eigenvalue weighted by Gasteiger charge is 2.45. The van der Waals surface area contributed by atoms with Crippen molar-refractivity contribution >= 4 is 11.7 Å². The molecule has 6 nitrogen and oxygen atoms in total. The van der Waals surface area contributed by atoms with Crippen molar-refractivity contribution in [3.63, 3.8) is 0 Å². The minimum absolute atomic E-state index is 0.118. The van der Waals surface area contributed by atoms with Gasteiger partial charge in [-0.15, -0.1) is 0 Å². The van der Waals surface area contributed by atoms with Crippen LogP contribution in [-0.2, 0) is 28.3 Å². The molecule has 2 aliphatic rings. The van der Waals surface area contributed by atoms with E-state index in [9.17, 15) is 14.7 Å². The van der Waals surface area contributed by atoms with E-state index in [2.05, 4.69) is 0 Å². The Morgan fingerprint density at radius 3 is 2.82 bits per heavy atom. The lowest BCUT2D eigenvalue weighted by atomic mass is 9.86. The Bertz CT molecular complexity index is 775. The fourth-order valence-electron chi connectivity index (χ4n) is 3.09. The number of esters is 1. The monoisotopic (exact) mass is 302 g/mol. The van der Waals surface area contributed by atoms with Crippen molar-refractivity contribution in [2.45, 2.75) is 45.4 Å². The molecule has 0 amide bonds. The number of carbonyl (C=O) groups is 1. The molecule has 3 rings (SSSR count). The number of nitrogens with one attached hydrogen (secondary N) is 1. The third kappa shape index (κ3) is 1.80. The van der Waals surface area contributed by atoms with Gasteiger partial charge in [0.25, 0.3) is 5.56 Å². The van der Waals surface area contributed by atoms with Gasteiger partial charge in [-0.25, -0.2) is 4.79 Å². The van der Waals surface area contributed by atoms with Crippen LogP contribution in [0.25, 0.3) is 0 Å². The summed E-state index contributed by atoms with van der Waals surface area (Å²) in [5.41, 5.74) is -0.00222. The van der Waals surface area contributed by atoms with Gasteiger partial charge in [-0.3, -0.25) is 10.2 Å². The molecule has 0 saturated carbocycles. The molecule has 0 saturated heterocycles. The van der Waals surface area contributed by atoms with Gasteiger partial charge in [-0.2, -0.15) is 0 Å². The standard InChI is InChI=1S/C16H18N2O4/c1-3-5-9-7-18-12(13(9)17)6-11-10(14(18)19)8-22-15(20)16(11,21)4-2/h5-6,17,21H,3-4,7-8H2,1-2H3/b9-5+,17-13?/t16-/m1/s1. The van der Waals surface area contributed by atoms with Gasteiger partial charge < -0.3 is 14.4 Å². The molecule has 0 radical (unpaired) electrons. The summed E-state index contributed by atoms with van der Waals surface area (Å²) in [5.74, 6) is -0.735. The molecular formula is C16H18N2O4. The lowest BCUT2D eigenvalue weighted by Crippen LogP contribution is -2.44. The van der Waals surface area contributed by atoms with Crippen LogP contribution >= 0.6 is 0 Å². The molecule has 22 heavy (non-hydrogen) atoms. The molecule has 2 aliphatic heterocycles. The number of nitrogens with zero attached hydrogens (tertiary/aromatic N) is 1. The van der Waals surface area contributed by atoms with E-state index in [1.807, 2.05) is 13.0 Å². The van der Waals surface area contributed by atoms with Gasteiger partial charge in [-0.1, -0.05) is 19.9 Å². The lowest BCUT2D eigenvalue weighted by molar-refractivity contribution is -0.172. The summed E-state index contributed by atoms with van der Waals surface area (Å²) in [6.07, 6.45) is 2.81. The third-order valence-corrected chi connectivity index (χ3v) is 4.40. The molecule has 2 N–H and O–H groups in total. The zero-order valence-electron chi connectivity index (χ0n) is 12.6. The number of aliphatic hydroxyl groups is 1. The maximum absolute atomic E-state index is 12.6. The highest BCUT2D eigenvalue weighted by Crippen LogP contribution is 2.34. The Hall–Kier alpha value is -2.21. The van der Waals surface area contributed by atoms with Crippen molar-refractivity contribution < 1.29 is 14.6 Å². The normalized spacial score (nSPS) is 25.1. The van der Waals surface area contributed by atoms with E-state index in [1.54, 1.807) is 13.0 Å². The van der Waals surface area contributed by atoms with Gasteiger partial charge in [0.1, 0.15) is 6.61 Å². The van der Waals surface area contributed by atoms with Crippen molar-refractivity contribution in [3.8, 4) is 0 Å². The van der Waals surface area contributed by atoms with Crippen molar-refractivity contribution in [3.05, 3.63) is 44.9 Å². The molecule has 0 bridgehead atoms. The van der Waals surface area contributed by atoms with Crippen LogP contribution in [-0.4, -0.2) is 21.4 Å². The Morgan fingerprint density at radius 1 is 1.45 bits per heavy atom. The zero-order chi connectivity index (χ0) is 16.1. The van der Waals surface area contributed by atoms with Gasteiger partial charge in [0, 0.05) is 5.56 Å². The maximum atomic E-state index is 12.6. The summed E-state index contributed by atoms with van der Waals surface area (Å²) in [6.45, 7) is 3.86. The van der Waals surface area contributed by atoms with Gasteiger partial charge >= 0.3 is 5.97 Å². The molecule has 116 valence electrons. The first kappa shape index (κ1) is 14.7. The second-order valence-corrected chi connectivity index (χ2v) is 5.62. The van der Waals surface area contributed by atoms with Gasteiger partial charge in [0.2, 0.25) is 0 Å². The SMILES string of the molecule is CC/C=C1\Cn2c(cc3c(c2=O)COC(=O)[C@@]3(O)CC)C1=N. The summed E-state index contributed by atoms with van der Waals surface area (Å²) in [6, 6.07) is 1.60.